The number of hydrogen-bond acceptors (Lipinski definition) is 6. The number of ether oxygens (including phenoxy) is 1. The molecule has 2 fully saturated rings. The van der Waals surface area contributed by atoms with Crippen molar-refractivity contribution in [2.24, 2.45) is 17.6 Å². The van der Waals surface area contributed by atoms with Crippen LogP contribution in [0.25, 0.3) is 0 Å². The summed E-state index contributed by atoms with van der Waals surface area (Å²) in [5.41, 5.74) is 6.84. The highest BCUT2D eigenvalue weighted by molar-refractivity contribution is 6.15. The second kappa shape index (κ2) is 7.95. The van der Waals surface area contributed by atoms with Gasteiger partial charge in [-0.1, -0.05) is 36.4 Å². The van der Waals surface area contributed by atoms with Crippen molar-refractivity contribution in [2.75, 3.05) is 12.4 Å². The summed E-state index contributed by atoms with van der Waals surface area (Å²) in [6.07, 6.45) is 0.279. The molecular formula is C25H26N4O5. The summed E-state index contributed by atoms with van der Waals surface area (Å²) >= 11 is 0. The number of benzene rings is 2. The summed E-state index contributed by atoms with van der Waals surface area (Å²) in [6, 6.07) is 12.1. The first-order valence-corrected chi connectivity index (χ1v) is 11.2. The van der Waals surface area contributed by atoms with Crippen molar-refractivity contribution in [3.05, 3.63) is 59.2 Å². The van der Waals surface area contributed by atoms with Crippen LogP contribution in [0.1, 0.15) is 29.5 Å². The Morgan fingerprint density at radius 3 is 2.62 bits per heavy atom. The van der Waals surface area contributed by atoms with Crippen molar-refractivity contribution < 1.29 is 23.9 Å². The van der Waals surface area contributed by atoms with Crippen molar-refractivity contribution >= 4 is 29.3 Å². The molecule has 3 aliphatic heterocycles. The molecule has 9 heteroatoms. The largest absolute Gasteiger partial charge is 0.496 e. The minimum Gasteiger partial charge on any atom is -0.496 e. The van der Waals surface area contributed by atoms with Crippen LogP contribution in [0.15, 0.2) is 42.5 Å². The number of imide groups is 1. The van der Waals surface area contributed by atoms with Crippen LogP contribution in [0.3, 0.4) is 0 Å². The number of carbonyl (C=O) groups excluding carboxylic acids is 4. The van der Waals surface area contributed by atoms with Crippen LogP contribution >= 0.6 is 0 Å². The van der Waals surface area contributed by atoms with Gasteiger partial charge in [-0.25, -0.2) is 0 Å². The molecule has 0 radical (unpaired) electrons. The summed E-state index contributed by atoms with van der Waals surface area (Å²) in [7, 11) is 1.53. The Morgan fingerprint density at radius 2 is 1.88 bits per heavy atom. The quantitative estimate of drug-likeness (QED) is 0.553. The lowest BCUT2D eigenvalue weighted by molar-refractivity contribution is -0.143. The van der Waals surface area contributed by atoms with E-state index in [0.29, 0.717) is 22.6 Å². The summed E-state index contributed by atoms with van der Waals surface area (Å²) in [5.74, 6) is -2.82. The number of carbonyl (C=O) groups is 4. The van der Waals surface area contributed by atoms with Crippen molar-refractivity contribution in [3.8, 4) is 5.75 Å². The number of hydrogen-bond donors (Lipinski definition) is 3. The topological polar surface area (TPSA) is 131 Å². The maximum absolute atomic E-state index is 13.8. The van der Waals surface area contributed by atoms with Gasteiger partial charge in [0.25, 0.3) is 0 Å². The van der Waals surface area contributed by atoms with Gasteiger partial charge < -0.3 is 15.8 Å². The number of aryl methyl sites for hydroxylation is 1. The van der Waals surface area contributed by atoms with Crippen LogP contribution in [0.4, 0.5) is 5.69 Å². The molecule has 2 aromatic carbocycles. The number of para-hydroxylation sites is 2. The van der Waals surface area contributed by atoms with E-state index in [1.807, 2.05) is 31.2 Å². The fourth-order valence-electron chi connectivity index (χ4n) is 5.74. The zero-order valence-electron chi connectivity index (χ0n) is 19.0. The zero-order valence-corrected chi connectivity index (χ0v) is 19.0. The molecule has 176 valence electrons. The molecule has 0 saturated carbocycles. The predicted octanol–water partition coefficient (Wildman–Crippen LogP) is 1.19. The summed E-state index contributed by atoms with van der Waals surface area (Å²) in [6.45, 7) is 1.92. The van der Waals surface area contributed by atoms with E-state index < -0.39 is 35.2 Å². The minimum atomic E-state index is -1.39. The molecule has 5 rings (SSSR count). The molecule has 0 unspecified atom stereocenters. The number of amides is 4. The summed E-state index contributed by atoms with van der Waals surface area (Å²) < 4.78 is 5.40. The minimum absolute atomic E-state index is 0.0350. The average molecular weight is 463 g/mol. The van der Waals surface area contributed by atoms with Crippen LogP contribution in [-0.2, 0) is 31.3 Å². The average Bonchev–Trinajstić information content (AvgIpc) is 3.40. The standard InChI is InChI=1S/C25H26N4O5/c1-13-6-5-8-15-21(13)27-24(33)25(15)20-19(16(28-25)10-11-18(26)30)22(31)29(23(20)32)12-14-7-3-4-9-17(14)34-2/h3-9,16,19-20,28H,10-12H2,1-2H3,(H2,26,30)(H,27,33)/t16-,19+,20-,25-/m0/s1. The Morgan fingerprint density at radius 1 is 1.12 bits per heavy atom. The first kappa shape index (κ1) is 22.1. The first-order chi connectivity index (χ1) is 16.3. The number of rotatable bonds is 6. The van der Waals surface area contributed by atoms with E-state index in [1.54, 1.807) is 18.2 Å². The van der Waals surface area contributed by atoms with E-state index in [2.05, 4.69) is 10.6 Å². The van der Waals surface area contributed by atoms with E-state index in [-0.39, 0.29) is 31.2 Å². The third-order valence-corrected chi connectivity index (χ3v) is 7.27. The summed E-state index contributed by atoms with van der Waals surface area (Å²) in [5, 5.41) is 6.23. The zero-order chi connectivity index (χ0) is 24.2. The SMILES string of the molecule is COc1ccccc1CN1C(=O)[C@@H]2[C@H](CCC(N)=O)N[C@]3(C(=O)Nc4c(C)cccc43)[C@@H]2C1=O. The molecule has 4 amide bonds. The number of nitrogens with one attached hydrogen (secondary N) is 2. The van der Waals surface area contributed by atoms with Crippen molar-refractivity contribution in [1.82, 2.24) is 10.2 Å². The molecule has 4 atom stereocenters. The fourth-order valence-corrected chi connectivity index (χ4v) is 5.74. The van der Waals surface area contributed by atoms with Gasteiger partial charge >= 0.3 is 0 Å². The fraction of sp³-hybridized carbons (Fsp3) is 0.360. The highest BCUT2D eigenvalue weighted by Gasteiger charge is 2.70. The maximum atomic E-state index is 13.8. The van der Waals surface area contributed by atoms with Gasteiger partial charge in [0.15, 0.2) is 0 Å². The molecule has 2 saturated heterocycles. The Labute approximate surface area is 196 Å². The van der Waals surface area contributed by atoms with E-state index >= 15 is 0 Å². The lowest BCUT2D eigenvalue weighted by atomic mass is 9.76. The highest BCUT2D eigenvalue weighted by Crippen LogP contribution is 2.54. The van der Waals surface area contributed by atoms with Crippen LogP contribution in [0.5, 0.6) is 5.75 Å². The molecule has 4 N–H and O–H groups in total. The van der Waals surface area contributed by atoms with Gasteiger partial charge in [-0.2, -0.15) is 0 Å². The Hall–Kier alpha value is -3.72. The number of fused-ring (bicyclic) bond motifs is 4. The predicted molar refractivity (Wildman–Crippen MR) is 122 cm³/mol. The van der Waals surface area contributed by atoms with Gasteiger partial charge in [0, 0.05) is 29.3 Å². The second-order valence-corrected chi connectivity index (χ2v) is 9.09. The Balaban J connectivity index is 1.59. The Kier molecular flexibility index (Phi) is 5.16. The van der Waals surface area contributed by atoms with Gasteiger partial charge in [0.05, 0.1) is 25.5 Å². The normalized spacial score (nSPS) is 27.2. The van der Waals surface area contributed by atoms with Crippen molar-refractivity contribution in [2.45, 2.75) is 37.9 Å². The monoisotopic (exact) mass is 462 g/mol. The van der Waals surface area contributed by atoms with Gasteiger partial charge in [-0.3, -0.25) is 29.4 Å². The van der Waals surface area contributed by atoms with E-state index in [1.165, 1.54) is 12.0 Å². The number of anilines is 1. The van der Waals surface area contributed by atoms with Crippen LogP contribution in [-0.4, -0.2) is 41.7 Å². The van der Waals surface area contributed by atoms with E-state index in [4.69, 9.17) is 10.5 Å². The third kappa shape index (κ3) is 3.03. The van der Waals surface area contributed by atoms with Gasteiger partial charge in [0.2, 0.25) is 23.6 Å². The molecule has 34 heavy (non-hydrogen) atoms. The van der Waals surface area contributed by atoms with Gasteiger partial charge in [-0.05, 0) is 25.0 Å². The van der Waals surface area contributed by atoms with Crippen LogP contribution in [0.2, 0.25) is 0 Å². The summed E-state index contributed by atoms with van der Waals surface area (Å²) in [4.78, 5) is 53.7. The van der Waals surface area contributed by atoms with E-state index in [0.717, 1.165) is 5.56 Å². The highest BCUT2D eigenvalue weighted by atomic mass is 16.5. The molecule has 3 heterocycles. The third-order valence-electron chi connectivity index (χ3n) is 7.27. The molecule has 1 spiro atoms. The smallest absolute Gasteiger partial charge is 0.250 e. The number of methoxy groups -OCH3 is 1. The van der Waals surface area contributed by atoms with Crippen molar-refractivity contribution in [1.29, 1.82) is 0 Å². The Bertz CT molecular complexity index is 1230. The molecular weight excluding hydrogens is 436 g/mol. The second-order valence-electron chi connectivity index (χ2n) is 9.09. The van der Waals surface area contributed by atoms with Gasteiger partial charge in [-0.15, -0.1) is 0 Å². The number of likely N-dealkylation sites (tertiary alicyclic amines) is 1. The van der Waals surface area contributed by atoms with Crippen LogP contribution < -0.4 is 21.1 Å². The number of nitrogens with two attached hydrogens (primary N) is 1. The molecule has 2 aromatic rings. The molecule has 3 aliphatic rings. The molecule has 0 aromatic heterocycles. The number of nitrogens with zero attached hydrogens (tertiary/aromatic N) is 1. The maximum Gasteiger partial charge on any atom is 0.250 e. The molecule has 9 nitrogen and oxygen atoms in total. The number of primary amides is 1. The van der Waals surface area contributed by atoms with E-state index in [9.17, 15) is 19.2 Å². The lowest BCUT2D eigenvalue weighted by Crippen LogP contribution is -2.53. The first-order valence-electron chi connectivity index (χ1n) is 11.2. The lowest BCUT2D eigenvalue weighted by Gasteiger charge is -2.29. The molecule has 0 aliphatic carbocycles. The van der Waals surface area contributed by atoms with Gasteiger partial charge in [0.1, 0.15) is 11.3 Å². The van der Waals surface area contributed by atoms with Crippen LogP contribution in [0, 0.1) is 18.8 Å². The molecule has 0 bridgehead atoms. The van der Waals surface area contributed by atoms with Crippen molar-refractivity contribution in [3.63, 3.8) is 0 Å².